The van der Waals surface area contributed by atoms with Gasteiger partial charge in [0.25, 0.3) is 0 Å². The van der Waals surface area contributed by atoms with E-state index in [9.17, 15) is 0 Å². The van der Waals surface area contributed by atoms with Crippen molar-refractivity contribution in [3.63, 3.8) is 0 Å². The smallest absolute Gasteiger partial charge is 0.00259 e. The molecule has 0 aromatic heterocycles. The molecule has 61 heavy (non-hydrogen) atoms. The SMILES string of the molecule is Cc1ccc(-c2c3ccccc3c(-c3ccc(-c4ccc5c(-c6ccc7ccccc7c6)c6ccccc6c(-c6ccc7ccccc7c6)c5c4)cc3)c3ccccc23)cc1. The van der Waals surface area contributed by atoms with Crippen LogP contribution in [-0.4, -0.2) is 0 Å². The molecule has 0 bridgehead atoms. The van der Waals surface area contributed by atoms with Crippen LogP contribution in [0.15, 0.2) is 224 Å². The molecule has 0 radical (unpaired) electrons. The maximum atomic E-state index is 2.44. The Morgan fingerprint density at radius 1 is 0.197 bits per heavy atom. The maximum absolute atomic E-state index is 2.44. The summed E-state index contributed by atoms with van der Waals surface area (Å²) in [7, 11) is 0. The number of fused-ring (bicyclic) bond motifs is 6. The van der Waals surface area contributed by atoms with Crippen LogP contribution in [0.25, 0.3) is 120 Å². The highest BCUT2D eigenvalue weighted by Crippen LogP contribution is 2.47. The van der Waals surface area contributed by atoms with Gasteiger partial charge >= 0.3 is 0 Å². The van der Waals surface area contributed by atoms with Gasteiger partial charge in [-0.15, -0.1) is 0 Å². The van der Waals surface area contributed by atoms with Crippen molar-refractivity contribution in [1.82, 2.24) is 0 Å². The monoisotopic (exact) mass is 772 g/mol. The minimum atomic E-state index is 1.19. The Morgan fingerprint density at radius 2 is 0.508 bits per heavy atom. The zero-order valence-corrected chi connectivity index (χ0v) is 33.9. The van der Waals surface area contributed by atoms with Crippen molar-refractivity contribution in [1.29, 1.82) is 0 Å². The van der Waals surface area contributed by atoms with E-state index in [4.69, 9.17) is 0 Å². The van der Waals surface area contributed by atoms with Crippen LogP contribution in [0, 0.1) is 6.92 Å². The van der Waals surface area contributed by atoms with Crippen molar-refractivity contribution < 1.29 is 0 Å². The Balaban J connectivity index is 1.07. The molecular weight excluding hydrogens is 733 g/mol. The van der Waals surface area contributed by atoms with E-state index in [-0.39, 0.29) is 0 Å². The van der Waals surface area contributed by atoms with Gasteiger partial charge in [-0.25, -0.2) is 0 Å². The lowest BCUT2D eigenvalue weighted by molar-refractivity contribution is 1.47. The van der Waals surface area contributed by atoms with E-state index >= 15 is 0 Å². The van der Waals surface area contributed by atoms with Gasteiger partial charge in [-0.2, -0.15) is 0 Å². The summed E-state index contributed by atoms with van der Waals surface area (Å²) in [5, 5.41) is 15.1. The molecule has 0 N–H and O–H groups in total. The summed E-state index contributed by atoms with van der Waals surface area (Å²) in [5.41, 5.74) is 13.7. The van der Waals surface area contributed by atoms with Crippen molar-refractivity contribution in [3.8, 4) is 55.6 Å². The van der Waals surface area contributed by atoms with Gasteiger partial charge in [0, 0.05) is 0 Å². The van der Waals surface area contributed by atoms with E-state index in [1.54, 1.807) is 0 Å². The minimum Gasteiger partial charge on any atom is -0.0616 e. The molecule has 12 aromatic carbocycles. The highest BCUT2D eigenvalue weighted by atomic mass is 14.2. The average molecular weight is 773 g/mol. The molecule has 0 nitrogen and oxygen atoms in total. The van der Waals surface area contributed by atoms with Crippen LogP contribution in [0.4, 0.5) is 0 Å². The van der Waals surface area contributed by atoms with E-state index in [0.717, 1.165) is 0 Å². The molecule has 0 aliphatic heterocycles. The Morgan fingerprint density at radius 3 is 0.967 bits per heavy atom. The average Bonchev–Trinajstić information content (AvgIpc) is 3.32. The molecule has 0 amide bonds. The van der Waals surface area contributed by atoms with Gasteiger partial charge in [-0.05, 0) is 145 Å². The second-order valence-corrected chi connectivity index (χ2v) is 16.5. The Kier molecular flexibility index (Phi) is 8.18. The molecule has 0 aliphatic carbocycles. The summed E-state index contributed by atoms with van der Waals surface area (Å²) in [4.78, 5) is 0. The van der Waals surface area contributed by atoms with Gasteiger partial charge in [0.1, 0.15) is 0 Å². The topological polar surface area (TPSA) is 0 Å². The Hall–Kier alpha value is -7.80. The van der Waals surface area contributed by atoms with Crippen LogP contribution >= 0.6 is 0 Å². The van der Waals surface area contributed by atoms with Crippen LogP contribution in [0.3, 0.4) is 0 Å². The summed E-state index contributed by atoms with van der Waals surface area (Å²) in [5.74, 6) is 0. The molecular formula is C61H40. The third-order valence-electron chi connectivity index (χ3n) is 12.9. The zero-order valence-electron chi connectivity index (χ0n) is 33.9. The van der Waals surface area contributed by atoms with Crippen molar-refractivity contribution in [2.75, 3.05) is 0 Å². The Bertz CT molecular complexity index is 3620. The Labute approximate surface area is 355 Å². The lowest BCUT2D eigenvalue weighted by Gasteiger charge is -2.19. The summed E-state index contributed by atoms with van der Waals surface area (Å²) in [6.45, 7) is 2.15. The quantitative estimate of drug-likeness (QED) is 0.153. The molecule has 0 unspecified atom stereocenters. The second-order valence-electron chi connectivity index (χ2n) is 16.5. The predicted octanol–water partition coefficient (Wildman–Crippen LogP) is 17.2. The first-order valence-electron chi connectivity index (χ1n) is 21.2. The molecule has 12 rings (SSSR count). The molecule has 0 heteroatoms. The van der Waals surface area contributed by atoms with Crippen LogP contribution in [-0.2, 0) is 0 Å². The van der Waals surface area contributed by atoms with Crippen molar-refractivity contribution >= 4 is 64.6 Å². The summed E-state index contributed by atoms with van der Waals surface area (Å²) in [6.07, 6.45) is 0. The first-order chi connectivity index (χ1) is 30.2. The third kappa shape index (κ3) is 5.83. The fourth-order valence-corrected chi connectivity index (χ4v) is 9.97. The first-order valence-corrected chi connectivity index (χ1v) is 21.2. The first kappa shape index (κ1) is 35.2. The summed E-state index contributed by atoms with van der Waals surface area (Å²) >= 11 is 0. The fourth-order valence-electron chi connectivity index (χ4n) is 9.97. The van der Waals surface area contributed by atoms with Crippen LogP contribution < -0.4 is 0 Å². The largest absolute Gasteiger partial charge is 0.0616 e. The van der Waals surface area contributed by atoms with Crippen LogP contribution in [0.2, 0.25) is 0 Å². The molecule has 0 spiro atoms. The van der Waals surface area contributed by atoms with Crippen molar-refractivity contribution in [2.45, 2.75) is 6.92 Å². The zero-order chi connectivity index (χ0) is 40.4. The summed E-state index contributed by atoms with van der Waals surface area (Å²) in [6, 6.07) is 83.4. The normalized spacial score (nSPS) is 11.7. The molecule has 0 saturated heterocycles. The highest BCUT2D eigenvalue weighted by Gasteiger charge is 2.20. The van der Waals surface area contributed by atoms with Gasteiger partial charge in [-0.3, -0.25) is 0 Å². The van der Waals surface area contributed by atoms with E-state index in [1.807, 2.05) is 0 Å². The number of aryl methyl sites for hydroxylation is 1. The lowest BCUT2D eigenvalue weighted by atomic mass is 9.84. The van der Waals surface area contributed by atoms with Crippen molar-refractivity contribution in [2.24, 2.45) is 0 Å². The molecule has 0 saturated carbocycles. The van der Waals surface area contributed by atoms with E-state index < -0.39 is 0 Å². The second kappa shape index (κ2) is 14.2. The molecule has 0 aliphatic rings. The van der Waals surface area contributed by atoms with Crippen molar-refractivity contribution in [3.05, 3.63) is 230 Å². The van der Waals surface area contributed by atoms with E-state index in [2.05, 4.69) is 231 Å². The number of rotatable bonds is 5. The third-order valence-corrected chi connectivity index (χ3v) is 12.9. The highest BCUT2D eigenvalue weighted by molar-refractivity contribution is 6.23. The van der Waals surface area contributed by atoms with Gasteiger partial charge in [0.15, 0.2) is 0 Å². The molecule has 12 aromatic rings. The van der Waals surface area contributed by atoms with Gasteiger partial charge in [-0.1, -0.05) is 212 Å². The molecule has 284 valence electrons. The predicted molar refractivity (Wildman–Crippen MR) is 263 cm³/mol. The number of hydrogen-bond donors (Lipinski definition) is 0. The van der Waals surface area contributed by atoms with Gasteiger partial charge in [0.2, 0.25) is 0 Å². The van der Waals surface area contributed by atoms with Gasteiger partial charge < -0.3 is 0 Å². The van der Waals surface area contributed by atoms with Crippen LogP contribution in [0.1, 0.15) is 5.56 Å². The van der Waals surface area contributed by atoms with Crippen LogP contribution in [0.5, 0.6) is 0 Å². The molecule has 0 heterocycles. The number of hydrogen-bond acceptors (Lipinski definition) is 0. The fraction of sp³-hybridized carbons (Fsp3) is 0.0164. The maximum Gasteiger partial charge on any atom is -0.00259 e. The molecule has 0 atom stereocenters. The van der Waals surface area contributed by atoms with E-state index in [0.29, 0.717) is 0 Å². The van der Waals surface area contributed by atoms with E-state index in [1.165, 1.54) is 126 Å². The standard InChI is InChI=1S/C61H40/c1-39-22-24-43(25-23-39)58-50-16-6-8-18-52(50)59(53-19-9-7-17-51(53)58)44-30-26-42(27-31-44)47-34-35-56-57(38-47)61(49-33-29-41-13-3-5-15-46(41)37-49)55-21-11-10-20-54(55)60(56)48-32-28-40-12-2-4-14-45(40)36-48/h2-38H,1H3. The summed E-state index contributed by atoms with van der Waals surface area (Å²) < 4.78 is 0. The molecule has 0 fully saturated rings. The minimum absolute atomic E-state index is 1.19. The van der Waals surface area contributed by atoms with Gasteiger partial charge in [0.05, 0.1) is 0 Å². The number of benzene rings is 12. The lowest BCUT2D eigenvalue weighted by Crippen LogP contribution is -1.92.